The van der Waals surface area contributed by atoms with Crippen molar-refractivity contribution >= 4 is 23.4 Å². The summed E-state index contributed by atoms with van der Waals surface area (Å²) in [7, 11) is 4.52. The predicted molar refractivity (Wildman–Crippen MR) is 128 cm³/mol. The molecule has 0 aliphatic carbocycles. The Hall–Kier alpha value is -4.33. The van der Waals surface area contributed by atoms with Crippen molar-refractivity contribution in [2.24, 2.45) is 0 Å². The molecule has 3 aromatic carbocycles. The molecule has 2 atom stereocenters. The smallest absolute Gasteiger partial charge is 0.262 e. The molecule has 35 heavy (non-hydrogen) atoms. The molecular weight excluding hydrogens is 448 g/mol. The molecule has 5 rings (SSSR count). The second kappa shape index (κ2) is 8.47. The molecule has 3 aromatic rings. The van der Waals surface area contributed by atoms with Crippen LogP contribution in [0, 0.1) is 6.92 Å². The molecule has 1 saturated heterocycles. The molecule has 0 unspecified atom stereocenters. The van der Waals surface area contributed by atoms with E-state index in [9.17, 15) is 14.4 Å². The number of carbonyl (C=O) groups is 3. The molecule has 0 saturated carbocycles. The molecule has 2 aliphatic rings. The Labute approximate surface area is 202 Å². The summed E-state index contributed by atoms with van der Waals surface area (Å²) in [5, 5.41) is 0. The summed E-state index contributed by atoms with van der Waals surface area (Å²) >= 11 is 0. The van der Waals surface area contributed by atoms with E-state index < -0.39 is 23.9 Å². The number of hydrogen-bond acceptors (Lipinski definition) is 6. The number of imide groups is 1. The number of carbonyl (C=O) groups excluding carboxylic acids is 3. The van der Waals surface area contributed by atoms with Gasteiger partial charge in [0.15, 0.2) is 11.5 Å². The Bertz CT molecular complexity index is 1290. The second-order valence-electron chi connectivity index (χ2n) is 8.42. The van der Waals surface area contributed by atoms with E-state index in [4.69, 9.17) is 14.2 Å². The topological polar surface area (TPSA) is 85.4 Å². The van der Waals surface area contributed by atoms with Gasteiger partial charge in [-0.3, -0.25) is 19.3 Å². The number of nitrogens with zero attached hydrogens (tertiary/aromatic N) is 2. The summed E-state index contributed by atoms with van der Waals surface area (Å²) in [6.07, 6.45) is 0. The molecule has 2 aliphatic heterocycles. The molecule has 8 nitrogen and oxygen atoms in total. The summed E-state index contributed by atoms with van der Waals surface area (Å²) in [5.41, 5.74) is 2.93. The van der Waals surface area contributed by atoms with Crippen LogP contribution < -0.4 is 19.1 Å². The fraction of sp³-hybridized carbons (Fsp3) is 0.222. The van der Waals surface area contributed by atoms with Gasteiger partial charge in [-0.1, -0.05) is 29.8 Å². The Balaban J connectivity index is 1.65. The first-order valence-electron chi connectivity index (χ1n) is 11.1. The van der Waals surface area contributed by atoms with Gasteiger partial charge in [-0.15, -0.1) is 0 Å². The van der Waals surface area contributed by atoms with Crippen LogP contribution in [0.25, 0.3) is 0 Å². The molecule has 3 amide bonds. The van der Waals surface area contributed by atoms with Gasteiger partial charge < -0.3 is 19.1 Å². The Kier molecular flexibility index (Phi) is 5.43. The minimum Gasteiger partial charge on any atom is -0.493 e. The van der Waals surface area contributed by atoms with E-state index in [2.05, 4.69) is 0 Å². The van der Waals surface area contributed by atoms with E-state index in [0.29, 0.717) is 39.6 Å². The average molecular weight is 472 g/mol. The van der Waals surface area contributed by atoms with Gasteiger partial charge in [-0.25, -0.2) is 0 Å². The lowest BCUT2D eigenvalue weighted by Gasteiger charge is -2.49. The number of fused-ring (bicyclic) bond motifs is 1. The van der Waals surface area contributed by atoms with E-state index in [1.165, 1.54) is 21.3 Å². The minimum atomic E-state index is -1.02. The number of rotatable bonds is 6. The van der Waals surface area contributed by atoms with Crippen molar-refractivity contribution in [1.29, 1.82) is 0 Å². The average Bonchev–Trinajstić information content (AvgIpc) is 3.12. The number of β-lactam (4-membered cyclic amide) rings is 1. The van der Waals surface area contributed by atoms with Crippen LogP contribution in [0.4, 0.5) is 5.69 Å². The third-order valence-electron chi connectivity index (χ3n) is 6.51. The number of amides is 3. The van der Waals surface area contributed by atoms with Crippen molar-refractivity contribution in [3.05, 3.63) is 82.9 Å². The predicted octanol–water partition coefficient (Wildman–Crippen LogP) is 3.77. The molecule has 2 heterocycles. The maximum absolute atomic E-state index is 13.6. The number of aryl methyl sites for hydroxylation is 1. The zero-order chi connectivity index (χ0) is 24.9. The summed E-state index contributed by atoms with van der Waals surface area (Å²) in [5.74, 6) is -0.0853. The third-order valence-corrected chi connectivity index (χ3v) is 6.51. The van der Waals surface area contributed by atoms with Crippen LogP contribution >= 0.6 is 0 Å². The fourth-order valence-corrected chi connectivity index (χ4v) is 4.78. The highest BCUT2D eigenvalue weighted by atomic mass is 16.5. The third kappa shape index (κ3) is 3.32. The monoisotopic (exact) mass is 472 g/mol. The fourth-order valence-electron chi connectivity index (χ4n) is 4.78. The zero-order valence-electron chi connectivity index (χ0n) is 19.8. The van der Waals surface area contributed by atoms with Crippen molar-refractivity contribution in [3.63, 3.8) is 0 Å². The number of ether oxygens (including phenoxy) is 3. The van der Waals surface area contributed by atoms with Gasteiger partial charge in [0.2, 0.25) is 5.75 Å². The van der Waals surface area contributed by atoms with E-state index in [1.807, 2.05) is 31.2 Å². The van der Waals surface area contributed by atoms with Gasteiger partial charge in [0, 0.05) is 5.69 Å². The second-order valence-corrected chi connectivity index (χ2v) is 8.42. The number of methoxy groups -OCH3 is 3. The largest absolute Gasteiger partial charge is 0.493 e. The van der Waals surface area contributed by atoms with Crippen LogP contribution in [0.1, 0.15) is 37.9 Å². The molecule has 0 bridgehead atoms. The van der Waals surface area contributed by atoms with Gasteiger partial charge in [0.05, 0.1) is 38.5 Å². The molecule has 0 radical (unpaired) electrons. The van der Waals surface area contributed by atoms with Crippen LogP contribution in [0.3, 0.4) is 0 Å². The lowest BCUT2D eigenvalue weighted by atomic mass is 9.86. The van der Waals surface area contributed by atoms with Crippen LogP contribution in [0.15, 0.2) is 60.7 Å². The zero-order valence-corrected chi connectivity index (χ0v) is 19.8. The number of benzene rings is 3. The normalized spacial score (nSPS) is 18.9. The quantitative estimate of drug-likeness (QED) is 0.401. The maximum Gasteiger partial charge on any atom is 0.262 e. The first-order valence-corrected chi connectivity index (χ1v) is 11.1. The van der Waals surface area contributed by atoms with Gasteiger partial charge in [0.1, 0.15) is 6.04 Å². The summed E-state index contributed by atoms with van der Waals surface area (Å²) in [4.78, 5) is 42.8. The van der Waals surface area contributed by atoms with Crippen LogP contribution in [-0.2, 0) is 4.79 Å². The lowest BCUT2D eigenvalue weighted by Crippen LogP contribution is -2.67. The first-order chi connectivity index (χ1) is 16.9. The highest BCUT2D eigenvalue weighted by Crippen LogP contribution is 2.48. The van der Waals surface area contributed by atoms with E-state index >= 15 is 0 Å². The van der Waals surface area contributed by atoms with Gasteiger partial charge >= 0.3 is 0 Å². The molecule has 0 aromatic heterocycles. The highest BCUT2D eigenvalue weighted by molar-refractivity contribution is 6.24. The van der Waals surface area contributed by atoms with Crippen molar-refractivity contribution < 1.29 is 28.6 Å². The molecule has 1 fully saturated rings. The Morgan fingerprint density at radius 3 is 1.71 bits per heavy atom. The van der Waals surface area contributed by atoms with E-state index in [-0.39, 0.29) is 5.91 Å². The SMILES string of the molecule is COc1cc([C@H]2[C@H](N3C(=O)c4ccccc4C3=O)C(=O)N2c2ccc(C)cc2)cc(OC)c1OC. The Morgan fingerprint density at radius 1 is 0.686 bits per heavy atom. The molecule has 0 spiro atoms. The van der Waals surface area contributed by atoms with Gasteiger partial charge in [-0.05, 0) is 48.9 Å². The van der Waals surface area contributed by atoms with Crippen molar-refractivity contribution in [2.75, 3.05) is 26.2 Å². The van der Waals surface area contributed by atoms with Crippen LogP contribution in [-0.4, -0.2) is 50.0 Å². The Morgan fingerprint density at radius 2 is 1.23 bits per heavy atom. The van der Waals surface area contributed by atoms with Crippen molar-refractivity contribution in [3.8, 4) is 17.2 Å². The van der Waals surface area contributed by atoms with E-state index in [0.717, 1.165) is 10.5 Å². The molecule has 0 N–H and O–H groups in total. The van der Waals surface area contributed by atoms with Crippen molar-refractivity contribution in [2.45, 2.75) is 19.0 Å². The highest BCUT2D eigenvalue weighted by Gasteiger charge is 2.57. The molecule has 178 valence electrons. The van der Waals surface area contributed by atoms with Gasteiger partial charge in [0.25, 0.3) is 17.7 Å². The summed E-state index contributed by atoms with van der Waals surface area (Å²) in [6, 6.07) is 15.9. The molecular formula is C27H24N2O6. The minimum absolute atomic E-state index is 0.294. The van der Waals surface area contributed by atoms with E-state index in [1.54, 1.807) is 41.3 Å². The molecule has 8 heteroatoms. The standard InChI is InChI=1S/C27H24N2O6/c1-15-9-11-17(12-10-15)28-22(16-13-20(33-2)24(35-4)21(14-16)34-3)23(27(28)32)29-25(30)18-7-5-6-8-19(18)26(29)31/h5-14,22-23H,1-4H3/t22-,23-/m0/s1. The van der Waals surface area contributed by atoms with Gasteiger partial charge in [-0.2, -0.15) is 0 Å². The van der Waals surface area contributed by atoms with Crippen LogP contribution in [0.2, 0.25) is 0 Å². The first kappa shape index (κ1) is 22.5. The van der Waals surface area contributed by atoms with Crippen LogP contribution in [0.5, 0.6) is 17.2 Å². The maximum atomic E-state index is 13.6. The lowest BCUT2D eigenvalue weighted by molar-refractivity contribution is -0.130. The summed E-state index contributed by atoms with van der Waals surface area (Å²) in [6.45, 7) is 1.96. The number of anilines is 1. The summed E-state index contributed by atoms with van der Waals surface area (Å²) < 4.78 is 16.5. The number of hydrogen-bond donors (Lipinski definition) is 0. The van der Waals surface area contributed by atoms with Crippen molar-refractivity contribution in [1.82, 2.24) is 4.90 Å².